The number of esters is 2. The van der Waals surface area contributed by atoms with Gasteiger partial charge in [-0.15, -0.1) is 0 Å². The molecule has 0 atom stereocenters. The molecule has 0 radical (unpaired) electrons. The van der Waals surface area contributed by atoms with Gasteiger partial charge >= 0.3 is 11.9 Å². The maximum atomic E-state index is 12.3. The molecule has 150 valence electrons. The van der Waals surface area contributed by atoms with Crippen molar-refractivity contribution in [3.8, 4) is 11.5 Å². The number of halogens is 2. The Hall–Kier alpha value is -2.39. The fourth-order valence-corrected chi connectivity index (χ4v) is 3.49. The summed E-state index contributed by atoms with van der Waals surface area (Å²) in [6.07, 6.45) is 1.83. The van der Waals surface area contributed by atoms with E-state index in [0.717, 1.165) is 0 Å². The minimum Gasteiger partial charge on any atom is -0.490 e. The van der Waals surface area contributed by atoms with Crippen molar-refractivity contribution in [2.75, 3.05) is 6.61 Å². The zero-order chi connectivity index (χ0) is 21.0. The zero-order valence-corrected chi connectivity index (χ0v) is 18.6. The average molecular weight is 526 g/mol. The molecule has 0 amide bonds. The van der Waals surface area contributed by atoms with Crippen LogP contribution in [0.25, 0.3) is 6.08 Å². The molecule has 0 aliphatic carbocycles. The summed E-state index contributed by atoms with van der Waals surface area (Å²) in [6.45, 7) is 3.94. The van der Waals surface area contributed by atoms with Crippen molar-refractivity contribution < 1.29 is 23.8 Å². The molecular formula is C21H17ClINO5. The number of carbonyl (C=O) groups is 2. The lowest BCUT2D eigenvalue weighted by atomic mass is 10.1. The van der Waals surface area contributed by atoms with Crippen LogP contribution in [-0.4, -0.2) is 24.4 Å². The second kappa shape index (κ2) is 9.41. The van der Waals surface area contributed by atoms with Gasteiger partial charge in [0, 0.05) is 6.42 Å². The van der Waals surface area contributed by atoms with Gasteiger partial charge in [0.05, 0.1) is 20.8 Å². The second-order valence-electron chi connectivity index (χ2n) is 5.91. The Morgan fingerprint density at radius 1 is 1.28 bits per heavy atom. The maximum absolute atomic E-state index is 12.3. The third-order valence-corrected chi connectivity index (χ3v) is 5.00. The summed E-state index contributed by atoms with van der Waals surface area (Å²) in [5.41, 5.74) is 1.33. The van der Waals surface area contributed by atoms with E-state index < -0.39 is 5.97 Å². The number of rotatable bonds is 6. The number of nitrogens with zero attached hydrogens (tertiary/aromatic N) is 1. The van der Waals surface area contributed by atoms with Crippen LogP contribution in [0.5, 0.6) is 11.5 Å². The summed E-state index contributed by atoms with van der Waals surface area (Å²) >= 11 is 8.21. The number of hydrogen-bond acceptors (Lipinski definition) is 6. The van der Waals surface area contributed by atoms with Crippen LogP contribution in [0.15, 0.2) is 47.1 Å². The Morgan fingerprint density at radius 3 is 2.72 bits per heavy atom. The van der Waals surface area contributed by atoms with Crippen LogP contribution in [-0.2, 0) is 14.3 Å². The minimum atomic E-state index is -0.575. The quantitative estimate of drug-likeness (QED) is 0.230. The third kappa shape index (κ3) is 4.97. The van der Waals surface area contributed by atoms with Crippen LogP contribution in [0, 0.1) is 3.57 Å². The van der Waals surface area contributed by atoms with Crippen molar-refractivity contribution in [3.05, 3.63) is 61.8 Å². The number of hydrogen-bond donors (Lipinski definition) is 0. The number of ether oxygens (including phenoxy) is 3. The van der Waals surface area contributed by atoms with E-state index >= 15 is 0 Å². The number of benzene rings is 2. The molecule has 0 N–H and O–H groups in total. The maximum Gasteiger partial charge on any atom is 0.363 e. The van der Waals surface area contributed by atoms with Crippen LogP contribution in [0.2, 0.25) is 5.02 Å². The van der Waals surface area contributed by atoms with E-state index in [-0.39, 0.29) is 24.0 Å². The standard InChI is InChI=1S/C21H17ClINO5/c1-3-18(25)28-19-15(23)9-12(11-17(19)27-4-2)10-16-21(26)29-20(24-16)13-7-5-6-8-14(13)22/h5-11H,3-4H2,1-2H3/b16-10-. The molecule has 3 rings (SSSR count). The SMILES string of the molecule is CCOc1cc(/C=C2\N=C(c3ccccc3Cl)OC2=O)cc(I)c1OC(=O)CC. The highest BCUT2D eigenvalue weighted by molar-refractivity contribution is 14.1. The number of carbonyl (C=O) groups excluding carboxylic acids is 2. The molecule has 29 heavy (non-hydrogen) atoms. The van der Waals surface area contributed by atoms with E-state index in [1.54, 1.807) is 49.4 Å². The Kier molecular flexibility index (Phi) is 6.92. The molecule has 8 heteroatoms. The molecule has 0 saturated heterocycles. The topological polar surface area (TPSA) is 74.2 Å². The minimum absolute atomic E-state index is 0.136. The Bertz CT molecular complexity index is 1030. The predicted molar refractivity (Wildman–Crippen MR) is 118 cm³/mol. The highest BCUT2D eigenvalue weighted by atomic mass is 127. The molecule has 1 aliphatic rings. The normalized spacial score (nSPS) is 14.6. The fraction of sp³-hybridized carbons (Fsp3) is 0.190. The van der Waals surface area contributed by atoms with Crippen LogP contribution in [0.4, 0.5) is 0 Å². The smallest absolute Gasteiger partial charge is 0.363 e. The molecule has 0 aromatic heterocycles. The van der Waals surface area contributed by atoms with Crippen LogP contribution in [0.3, 0.4) is 0 Å². The van der Waals surface area contributed by atoms with Gasteiger partial charge in [-0.2, -0.15) is 0 Å². The molecule has 0 unspecified atom stereocenters. The fourth-order valence-electron chi connectivity index (χ4n) is 2.54. The van der Waals surface area contributed by atoms with Gasteiger partial charge in [-0.25, -0.2) is 9.79 Å². The van der Waals surface area contributed by atoms with Crippen molar-refractivity contribution in [1.29, 1.82) is 0 Å². The summed E-state index contributed by atoms with van der Waals surface area (Å²) < 4.78 is 16.9. The molecule has 1 heterocycles. The molecule has 2 aromatic rings. The first-order valence-electron chi connectivity index (χ1n) is 8.87. The van der Waals surface area contributed by atoms with E-state index in [1.165, 1.54) is 0 Å². The summed E-state index contributed by atoms with van der Waals surface area (Å²) in [6, 6.07) is 10.4. The summed E-state index contributed by atoms with van der Waals surface area (Å²) in [5, 5.41) is 0.440. The number of aliphatic imine (C=N–C) groups is 1. The molecular weight excluding hydrogens is 509 g/mol. The van der Waals surface area contributed by atoms with Gasteiger partial charge in [-0.1, -0.05) is 30.7 Å². The number of cyclic esters (lactones) is 1. The van der Waals surface area contributed by atoms with Gasteiger partial charge in [-0.05, 0) is 65.4 Å². The Labute approximate surface area is 186 Å². The Balaban J connectivity index is 1.98. The lowest BCUT2D eigenvalue weighted by Crippen LogP contribution is -2.09. The molecule has 1 aliphatic heterocycles. The molecule has 0 saturated carbocycles. The zero-order valence-electron chi connectivity index (χ0n) is 15.7. The van der Waals surface area contributed by atoms with Gasteiger partial charge < -0.3 is 14.2 Å². The van der Waals surface area contributed by atoms with Gasteiger partial charge in [0.15, 0.2) is 17.2 Å². The van der Waals surface area contributed by atoms with Crippen molar-refractivity contribution in [2.24, 2.45) is 4.99 Å². The Morgan fingerprint density at radius 2 is 2.03 bits per heavy atom. The van der Waals surface area contributed by atoms with Crippen LogP contribution in [0.1, 0.15) is 31.4 Å². The average Bonchev–Trinajstić information content (AvgIpc) is 3.05. The van der Waals surface area contributed by atoms with Crippen LogP contribution >= 0.6 is 34.2 Å². The summed E-state index contributed by atoms with van der Waals surface area (Å²) in [7, 11) is 0. The van der Waals surface area contributed by atoms with Crippen molar-refractivity contribution >= 4 is 58.1 Å². The largest absolute Gasteiger partial charge is 0.490 e. The predicted octanol–water partition coefficient (Wildman–Crippen LogP) is 5.00. The van der Waals surface area contributed by atoms with Gasteiger partial charge in [0.25, 0.3) is 0 Å². The van der Waals surface area contributed by atoms with E-state index in [1.807, 2.05) is 6.92 Å². The van der Waals surface area contributed by atoms with E-state index in [0.29, 0.717) is 37.8 Å². The van der Waals surface area contributed by atoms with E-state index in [9.17, 15) is 9.59 Å². The van der Waals surface area contributed by atoms with Gasteiger partial charge in [0.1, 0.15) is 0 Å². The summed E-state index contributed by atoms with van der Waals surface area (Å²) in [4.78, 5) is 28.3. The van der Waals surface area contributed by atoms with Crippen LogP contribution < -0.4 is 9.47 Å². The molecule has 0 fully saturated rings. The molecule has 2 aromatic carbocycles. The van der Waals surface area contributed by atoms with E-state index in [2.05, 4.69) is 27.6 Å². The highest BCUT2D eigenvalue weighted by Gasteiger charge is 2.26. The first kappa shape index (κ1) is 21.3. The van der Waals surface area contributed by atoms with Gasteiger partial charge in [-0.3, -0.25) is 4.79 Å². The van der Waals surface area contributed by atoms with Crippen molar-refractivity contribution in [1.82, 2.24) is 0 Å². The second-order valence-corrected chi connectivity index (χ2v) is 7.48. The van der Waals surface area contributed by atoms with Gasteiger partial charge in [0.2, 0.25) is 5.90 Å². The summed E-state index contributed by atoms with van der Waals surface area (Å²) in [5.74, 6) is -0.0109. The first-order chi connectivity index (χ1) is 13.9. The van der Waals surface area contributed by atoms with Crippen molar-refractivity contribution in [3.63, 3.8) is 0 Å². The third-order valence-electron chi connectivity index (χ3n) is 3.86. The monoisotopic (exact) mass is 525 g/mol. The van der Waals surface area contributed by atoms with Crippen molar-refractivity contribution in [2.45, 2.75) is 20.3 Å². The molecule has 0 bridgehead atoms. The lowest BCUT2D eigenvalue weighted by molar-refractivity contribution is -0.134. The first-order valence-corrected chi connectivity index (χ1v) is 10.3. The van der Waals surface area contributed by atoms with E-state index in [4.69, 9.17) is 25.8 Å². The molecule has 6 nitrogen and oxygen atoms in total. The molecule has 0 spiro atoms. The lowest BCUT2D eigenvalue weighted by Gasteiger charge is -2.13. The highest BCUT2D eigenvalue weighted by Crippen LogP contribution is 2.35.